The fraction of sp³-hybridized carbons (Fsp3) is 0.364. The summed E-state index contributed by atoms with van der Waals surface area (Å²) in [6, 6.07) is 3.56. The van der Waals surface area contributed by atoms with Crippen molar-refractivity contribution in [2.75, 3.05) is 5.88 Å². The molecule has 0 amide bonds. The minimum Gasteiger partial charge on any atom is -0.425 e. The minimum atomic E-state index is -0.473. The molecule has 0 bridgehead atoms. The maximum atomic E-state index is 11.0. The highest BCUT2D eigenvalue weighted by Crippen LogP contribution is 2.25. The molecular formula is C11H13ClO3. The van der Waals surface area contributed by atoms with E-state index in [1.807, 2.05) is 13.8 Å². The lowest BCUT2D eigenvalue weighted by Crippen LogP contribution is -2.11. The van der Waals surface area contributed by atoms with Crippen molar-refractivity contribution in [3.05, 3.63) is 28.8 Å². The maximum absolute atomic E-state index is 11.0. The first-order chi connectivity index (χ1) is 7.08. The van der Waals surface area contributed by atoms with Crippen molar-refractivity contribution in [1.82, 2.24) is 0 Å². The fourth-order valence-electron chi connectivity index (χ4n) is 1.43. The van der Waals surface area contributed by atoms with Crippen LogP contribution in [0.2, 0.25) is 0 Å². The Hall–Kier alpha value is -1.06. The van der Waals surface area contributed by atoms with Gasteiger partial charge in [-0.1, -0.05) is 12.1 Å². The van der Waals surface area contributed by atoms with E-state index in [4.69, 9.17) is 21.4 Å². The molecule has 0 fully saturated rings. The largest absolute Gasteiger partial charge is 0.425 e. The number of ether oxygens (including phenoxy) is 1. The van der Waals surface area contributed by atoms with Crippen LogP contribution >= 0.6 is 11.6 Å². The predicted octanol–water partition coefficient (Wildman–Crippen LogP) is 1.94. The molecule has 1 aromatic carbocycles. The van der Waals surface area contributed by atoms with Gasteiger partial charge in [-0.15, -0.1) is 11.6 Å². The lowest BCUT2D eigenvalue weighted by molar-refractivity contribution is -0.131. The third kappa shape index (κ3) is 2.94. The molecule has 0 aliphatic heterocycles. The van der Waals surface area contributed by atoms with Crippen molar-refractivity contribution in [3.8, 4) is 5.75 Å². The van der Waals surface area contributed by atoms with Crippen LogP contribution in [0.4, 0.5) is 0 Å². The number of carbonyl (C=O) groups is 1. The van der Waals surface area contributed by atoms with Gasteiger partial charge < -0.3 is 9.84 Å². The van der Waals surface area contributed by atoms with E-state index in [0.29, 0.717) is 5.75 Å². The number of halogens is 1. The van der Waals surface area contributed by atoms with E-state index in [2.05, 4.69) is 0 Å². The van der Waals surface area contributed by atoms with Crippen molar-refractivity contribution in [1.29, 1.82) is 0 Å². The van der Waals surface area contributed by atoms with Crippen LogP contribution in [0.3, 0.4) is 0 Å². The van der Waals surface area contributed by atoms with Gasteiger partial charge in [-0.2, -0.15) is 0 Å². The number of esters is 1. The second-order valence-electron chi connectivity index (χ2n) is 3.32. The molecule has 0 saturated carbocycles. The van der Waals surface area contributed by atoms with Crippen LogP contribution in [0, 0.1) is 13.8 Å². The average molecular weight is 229 g/mol. The van der Waals surface area contributed by atoms with E-state index >= 15 is 0 Å². The molecule has 0 unspecified atom stereocenters. The van der Waals surface area contributed by atoms with Gasteiger partial charge in [-0.05, 0) is 30.5 Å². The first-order valence-corrected chi connectivity index (χ1v) is 5.09. The van der Waals surface area contributed by atoms with E-state index in [0.717, 1.165) is 16.7 Å². The van der Waals surface area contributed by atoms with E-state index in [-0.39, 0.29) is 12.5 Å². The topological polar surface area (TPSA) is 46.5 Å². The summed E-state index contributed by atoms with van der Waals surface area (Å²) < 4.78 is 5.07. The maximum Gasteiger partial charge on any atom is 0.326 e. The van der Waals surface area contributed by atoms with Gasteiger partial charge >= 0.3 is 5.97 Å². The Labute approximate surface area is 93.6 Å². The molecule has 0 aliphatic rings. The van der Waals surface area contributed by atoms with Crippen molar-refractivity contribution < 1.29 is 14.6 Å². The molecule has 0 heterocycles. The van der Waals surface area contributed by atoms with Crippen LogP contribution in [0.25, 0.3) is 0 Å². The second-order valence-corrected chi connectivity index (χ2v) is 3.59. The number of rotatable bonds is 3. The highest BCUT2D eigenvalue weighted by atomic mass is 35.5. The molecule has 0 atom stereocenters. The molecule has 4 heteroatoms. The van der Waals surface area contributed by atoms with Crippen molar-refractivity contribution in [2.45, 2.75) is 20.5 Å². The summed E-state index contributed by atoms with van der Waals surface area (Å²) in [5.74, 6) is -0.113. The normalized spacial score (nSPS) is 10.1. The Morgan fingerprint density at radius 1 is 1.40 bits per heavy atom. The van der Waals surface area contributed by atoms with Crippen molar-refractivity contribution in [2.24, 2.45) is 0 Å². The zero-order valence-electron chi connectivity index (χ0n) is 8.71. The summed E-state index contributed by atoms with van der Waals surface area (Å²) in [6.45, 7) is 3.62. The number of aliphatic hydroxyl groups is 1. The van der Waals surface area contributed by atoms with Crippen LogP contribution < -0.4 is 4.74 Å². The predicted molar refractivity (Wildman–Crippen MR) is 58.2 cm³/mol. The summed E-state index contributed by atoms with van der Waals surface area (Å²) in [5, 5.41) is 8.98. The van der Waals surface area contributed by atoms with Gasteiger partial charge in [0.15, 0.2) is 0 Å². The third-order valence-electron chi connectivity index (χ3n) is 2.03. The molecule has 0 aliphatic carbocycles. The second kappa shape index (κ2) is 5.14. The Morgan fingerprint density at radius 2 is 1.93 bits per heavy atom. The number of hydrogen-bond acceptors (Lipinski definition) is 3. The molecule has 1 N–H and O–H groups in total. The SMILES string of the molecule is Cc1cc(CO)cc(C)c1OC(=O)CCl. The van der Waals surface area contributed by atoms with Gasteiger partial charge in [0, 0.05) is 0 Å². The van der Waals surface area contributed by atoms with Gasteiger partial charge in [0.25, 0.3) is 0 Å². The molecule has 15 heavy (non-hydrogen) atoms. The first kappa shape index (κ1) is 12.0. The first-order valence-electron chi connectivity index (χ1n) is 4.56. The zero-order valence-corrected chi connectivity index (χ0v) is 9.47. The van der Waals surface area contributed by atoms with E-state index in [1.165, 1.54) is 0 Å². The number of aliphatic hydroxyl groups excluding tert-OH is 1. The summed E-state index contributed by atoms with van der Waals surface area (Å²) in [4.78, 5) is 11.0. The zero-order chi connectivity index (χ0) is 11.4. The Bertz CT molecular complexity index is 351. The molecule has 0 spiro atoms. The molecule has 0 saturated heterocycles. The van der Waals surface area contributed by atoms with Gasteiger partial charge in [0.2, 0.25) is 0 Å². The van der Waals surface area contributed by atoms with E-state index in [9.17, 15) is 4.79 Å². The molecule has 0 aromatic heterocycles. The third-order valence-corrected chi connectivity index (χ3v) is 2.25. The number of alkyl halides is 1. The number of hydrogen-bond donors (Lipinski definition) is 1. The molecule has 1 rings (SSSR count). The monoisotopic (exact) mass is 228 g/mol. The van der Waals surface area contributed by atoms with Crippen LogP contribution in [0.1, 0.15) is 16.7 Å². The molecule has 82 valence electrons. The Balaban J connectivity index is 3.03. The standard InChI is InChI=1S/C11H13ClO3/c1-7-3-9(6-13)4-8(2)11(7)15-10(14)5-12/h3-4,13H,5-6H2,1-2H3. The number of aryl methyl sites for hydroxylation is 2. The molecule has 0 radical (unpaired) electrons. The fourth-order valence-corrected chi connectivity index (χ4v) is 1.49. The average Bonchev–Trinajstić information content (AvgIpc) is 2.22. The minimum absolute atomic E-state index is 0.0224. The van der Waals surface area contributed by atoms with Crippen LogP contribution in [-0.4, -0.2) is 17.0 Å². The van der Waals surface area contributed by atoms with Crippen molar-refractivity contribution >= 4 is 17.6 Å². The number of benzene rings is 1. The highest BCUT2D eigenvalue weighted by Gasteiger charge is 2.10. The lowest BCUT2D eigenvalue weighted by Gasteiger charge is -2.11. The van der Waals surface area contributed by atoms with Gasteiger partial charge in [-0.3, -0.25) is 4.79 Å². The molecule has 3 nitrogen and oxygen atoms in total. The smallest absolute Gasteiger partial charge is 0.326 e. The summed E-state index contributed by atoms with van der Waals surface area (Å²) in [7, 11) is 0. The highest BCUT2D eigenvalue weighted by molar-refractivity contribution is 6.26. The lowest BCUT2D eigenvalue weighted by atomic mass is 10.1. The Morgan fingerprint density at radius 3 is 2.33 bits per heavy atom. The van der Waals surface area contributed by atoms with Crippen LogP contribution in [0.5, 0.6) is 5.75 Å². The summed E-state index contributed by atoms with van der Waals surface area (Å²) in [6.07, 6.45) is 0. The van der Waals surface area contributed by atoms with Gasteiger partial charge in [0.05, 0.1) is 6.61 Å². The number of carbonyl (C=O) groups excluding carboxylic acids is 1. The van der Waals surface area contributed by atoms with E-state index < -0.39 is 5.97 Å². The quantitative estimate of drug-likeness (QED) is 0.489. The van der Waals surface area contributed by atoms with Gasteiger partial charge in [0.1, 0.15) is 11.6 Å². The van der Waals surface area contributed by atoms with Crippen LogP contribution in [0.15, 0.2) is 12.1 Å². The summed E-state index contributed by atoms with van der Waals surface area (Å²) in [5.41, 5.74) is 2.44. The van der Waals surface area contributed by atoms with Gasteiger partial charge in [-0.25, -0.2) is 0 Å². The summed E-state index contributed by atoms with van der Waals surface area (Å²) >= 11 is 5.35. The molecule has 1 aromatic rings. The molecular weight excluding hydrogens is 216 g/mol. The van der Waals surface area contributed by atoms with Crippen LogP contribution in [-0.2, 0) is 11.4 Å². The Kier molecular flexibility index (Phi) is 4.12. The van der Waals surface area contributed by atoms with Crippen molar-refractivity contribution in [3.63, 3.8) is 0 Å². The van der Waals surface area contributed by atoms with E-state index in [1.54, 1.807) is 12.1 Å².